The lowest BCUT2D eigenvalue weighted by atomic mass is 10.1. The Balaban J connectivity index is 2.45. The van der Waals surface area contributed by atoms with E-state index in [0.29, 0.717) is 43.8 Å². The fourth-order valence-electron chi connectivity index (χ4n) is 2.13. The molecule has 0 bridgehead atoms. The first kappa shape index (κ1) is 20.4. The molecule has 2 N–H and O–H groups in total. The second-order valence-electron chi connectivity index (χ2n) is 5.33. The third-order valence-corrected chi connectivity index (χ3v) is 4.55. The van der Waals surface area contributed by atoms with Gasteiger partial charge in [0, 0.05) is 33.5 Å². The van der Waals surface area contributed by atoms with E-state index in [1.807, 2.05) is 6.07 Å². The van der Waals surface area contributed by atoms with Crippen LogP contribution >= 0.6 is 0 Å². The second-order valence-corrected chi connectivity index (χ2v) is 7.31. The first-order valence-electron chi connectivity index (χ1n) is 7.69. The zero-order valence-corrected chi connectivity index (χ0v) is 15.6. The zero-order valence-electron chi connectivity index (χ0n) is 14.8. The van der Waals surface area contributed by atoms with Crippen molar-refractivity contribution in [2.24, 2.45) is 4.99 Å². The first-order chi connectivity index (χ1) is 11.4. The van der Waals surface area contributed by atoms with Gasteiger partial charge in [0.05, 0.1) is 24.7 Å². The number of ether oxygens (including phenoxy) is 2. The molecule has 1 aromatic carbocycles. The maximum Gasteiger partial charge on any atom is 0.191 e. The largest absolute Gasteiger partial charge is 0.382 e. The average Bonchev–Trinajstić information content (AvgIpc) is 2.52. The smallest absolute Gasteiger partial charge is 0.191 e. The minimum Gasteiger partial charge on any atom is -0.382 e. The second kappa shape index (κ2) is 10.3. The summed E-state index contributed by atoms with van der Waals surface area (Å²) in [5.74, 6) is 0.662. The normalized spacial score (nSPS) is 12.2. The number of rotatable bonds is 9. The van der Waals surface area contributed by atoms with E-state index in [1.165, 1.54) is 6.26 Å². The summed E-state index contributed by atoms with van der Waals surface area (Å²) in [6.45, 7) is 4.69. The van der Waals surface area contributed by atoms with Crippen molar-refractivity contribution in [2.75, 3.05) is 46.8 Å². The number of guanidine groups is 1. The molecule has 0 aliphatic carbocycles. The number of sulfone groups is 1. The molecule has 0 aliphatic heterocycles. The lowest BCUT2D eigenvalue weighted by molar-refractivity contribution is 0.0733. The van der Waals surface area contributed by atoms with E-state index in [2.05, 4.69) is 15.6 Å². The molecule has 24 heavy (non-hydrogen) atoms. The van der Waals surface area contributed by atoms with E-state index in [1.54, 1.807) is 33.2 Å². The molecule has 8 heteroatoms. The van der Waals surface area contributed by atoms with Crippen molar-refractivity contribution in [3.8, 4) is 0 Å². The van der Waals surface area contributed by atoms with Gasteiger partial charge in [-0.2, -0.15) is 0 Å². The highest BCUT2D eigenvalue weighted by atomic mass is 32.2. The number of nitrogens with zero attached hydrogens (tertiary/aromatic N) is 1. The predicted octanol–water partition coefficient (Wildman–Crippen LogP) is 0.727. The van der Waals surface area contributed by atoms with Crippen molar-refractivity contribution in [3.63, 3.8) is 0 Å². The zero-order chi connectivity index (χ0) is 18.0. The van der Waals surface area contributed by atoms with Crippen LogP contribution in [0.4, 0.5) is 0 Å². The number of aliphatic imine (C=N–C) groups is 1. The molecule has 1 rings (SSSR count). The Morgan fingerprint density at radius 3 is 2.54 bits per heavy atom. The van der Waals surface area contributed by atoms with Gasteiger partial charge in [0.1, 0.15) is 0 Å². The van der Waals surface area contributed by atoms with Crippen LogP contribution in [-0.2, 0) is 25.9 Å². The Kier molecular flexibility index (Phi) is 8.73. The van der Waals surface area contributed by atoms with Gasteiger partial charge < -0.3 is 20.1 Å². The molecule has 7 nitrogen and oxygen atoms in total. The van der Waals surface area contributed by atoms with E-state index in [0.717, 1.165) is 11.1 Å². The lowest BCUT2D eigenvalue weighted by Crippen LogP contribution is -2.38. The SMILES string of the molecule is CN=C(NCCOCCOC)NCc1ccc(S(C)(=O)=O)c(C)c1. The van der Waals surface area contributed by atoms with Crippen LogP contribution in [0.15, 0.2) is 28.1 Å². The fourth-order valence-corrected chi connectivity index (χ4v) is 3.09. The van der Waals surface area contributed by atoms with Crippen LogP contribution in [0, 0.1) is 6.92 Å². The number of methoxy groups -OCH3 is 1. The minimum atomic E-state index is -3.19. The van der Waals surface area contributed by atoms with Crippen molar-refractivity contribution in [1.82, 2.24) is 10.6 Å². The predicted molar refractivity (Wildman–Crippen MR) is 95.2 cm³/mol. The average molecular weight is 357 g/mol. The summed E-state index contributed by atoms with van der Waals surface area (Å²) in [6.07, 6.45) is 1.22. The fraction of sp³-hybridized carbons (Fsp3) is 0.562. The van der Waals surface area contributed by atoms with E-state index in [4.69, 9.17) is 9.47 Å². The van der Waals surface area contributed by atoms with Gasteiger partial charge in [-0.1, -0.05) is 12.1 Å². The minimum absolute atomic E-state index is 0.363. The van der Waals surface area contributed by atoms with Crippen LogP contribution < -0.4 is 10.6 Å². The van der Waals surface area contributed by atoms with Crippen molar-refractivity contribution in [2.45, 2.75) is 18.4 Å². The summed E-state index contributed by atoms with van der Waals surface area (Å²) in [6, 6.07) is 5.31. The van der Waals surface area contributed by atoms with Gasteiger partial charge in [0.2, 0.25) is 0 Å². The number of benzene rings is 1. The number of hydrogen-bond acceptors (Lipinski definition) is 5. The van der Waals surface area contributed by atoms with E-state index >= 15 is 0 Å². The molecule has 0 fully saturated rings. The standard InChI is InChI=1S/C16H27N3O4S/c1-13-11-14(5-6-15(13)24(4,20)21)12-19-16(17-2)18-7-8-23-10-9-22-3/h5-6,11H,7-10,12H2,1-4H3,(H2,17,18,19). The van der Waals surface area contributed by atoms with Crippen LogP contribution in [0.5, 0.6) is 0 Å². The molecule has 0 aliphatic rings. The third-order valence-electron chi connectivity index (χ3n) is 3.29. The monoisotopic (exact) mass is 357 g/mol. The summed E-state index contributed by atoms with van der Waals surface area (Å²) in [7, 11) is 0.143. The van der Waals surface area contributed by atoms with Gasteiger partial charge >= 0.3 is 0 Å². The van der Waals surface area contributed by atoms with Crippen LogP contribution in [-0.4, -0.2) is 61.2 Å². The summed E-state index contributed by atoms with van der Waals surface area (Å²) in [5.41, 5.74) is 1.73. The van der Waals surface area contributed by atoms with E-state index in [9.17, 15) is 8.42 Å². The molecule has 0 amide bonds. The van der Waals surface area contributed by atoms with Crippen molar-refractivity contribution >= 4 is 15.8 Å². The number of nitrogens with one attached hydrogen (secondary N) is 2. The van der Waals surface area contributed by atoms with Crippen LogP contribution in [0.2, 0.25) is 0 Å². The lowest BCUT2D eigenvalue weighted by Gasteiger charge is -2.13. The Morgan fingerprint density at radius 2 is 1.96 bits per heavy atom. The topological polar surface area (TPSA) is 89.0 Å². The summed E-state index contributed by atoms with van der Waals surface area (Å²) in [4.78, 5) is 4.50. The molecule has 0 saturated heterocycles. The van der Waals surface area contributed by atoms with E-state index in [-0.39, 0.29) is 0 Å². The molecular weight excluding hydrogens is 330 g/mol. The Labute approximate surface area is 144 Å². The van der Waals surface area contributed by atoms with Crippen molar-refractivity contribution in [3.05, 3.63) is 29.3 Å². The molecule has 0 radical (unpaired) electrons. The van der Waals surface area contributed by atoms with Gasteiger partial charge in [0.25, 0.3) is 0 Å². The summed E-state index contributed by atoms with van der Waals surface area (Å²) >= 11 is 0. The molecule has 0 unspecified atom stereocenters. The Hall–Kier alpha value is -1.64. The first-order valence-corrected chi connectivity index (χ1v) is 9.58. The highest BCUT2D eigenvalue weighted by molar-refractivity contribution is 7.90. The third kappa shape index (κ3) is 7.29. The number of hydrogen-bond donors (Lipinski definition) is 2. The van der Waals surface area contributed by atoms with Crippen LogP contribution in [0.3, 0.4) is 0 Å². The highest BCUT2D eigenvalue weighted by Gasteiger charge is 2.10. The van der Waals surface area contributed by atoms with Gasteiger partial charge in [-0.25, -0.2) is 8.42 Å². The maximum absolute atomic E-state index is 11.6. The van der Waals surface area contributed by atoms with Gasteiger partial charge in [-0.05, 0) is 24.1 Å². The molecule has 1 aromatic rings. The molecule has 0 saturated carbocycles. The van der Waals surface area contributed by atoms with E-state index < -0.39 is 9.84 Å². The molecule has 0 spiro atoms. The molecule has 0 aromatic heterocycles. The van der Waals surface area contributed by atoms with Gasteiger partial charge in [-0.3, -0.25) is 4.99 Å². The highest BCUT2D eigenvalue weighted by Crippen LogP contribution is 2.16. The van der Waals surface area contributed by atoms with Gasteiger partial charge in [-0.15, -0.1) is 0 Å². The number of aryl methyl sites for hydroxylation is 1. The quantitative estimate of drug-likeness (QED) is 0.385. The van der Waals surface area contributed by atoms with Crippen molar-refractivity contribution < 1.29 is 17.9 Å². The molecule has 136 valence electrons. The van der Waals surface area contributed by atoms with Crippen LogP contribution in [0.25, 0.3) is 0 Å². The Morgan fingerprint density at radius 1 is 1.21 bits per heavy atom. The Bertz CT molecular complexity index is 645. The van der Waals surface area contributed by atoms with Crippen molar-refractivity contribution in [1.29, 1.82) is 0 Å². The molecular formula is C16H27N3O4S. The molecule has 0 atom stereocenters. The molecule has 0 heterocycles. The maximum atomic E-state index is 11.6. The van der Waals surface area contributed by atoms with Gasteiger partial charge in [0.15, 0.2) is 15.8 Å². The van der Waals surface area contributed by atoms with Crippen LogP contribution in [0.1, 0.15) is 11.1 Å². The summed E-state index contributed by atoms with van der Waals surface area (Å²) in [5, 5.41) is 6.33. The summed E-state index contributed by atoms with van der Waals surface area (Å²) < 4.78 is 33.5.